The number of carbonyl (C=O) groups is 1. The third kappa shape index (κ3) is 4.49. The maximum atomic E-state index is 12.2. The molecule has 0 atom stereocenters. The van der Waals surface area contributed by atoms with E-state index >= 15 is 0 Å². The maximum Gasteiger partial charge on any atom is 0.260 e. The van der Waals surface area contributed by atoms with Crippen molar-refractivity contribution >= 4 is 33.2 Å². The minimum atomic E-state index is -0.0462. The summed E-state index contributed by atoms with van der Waals surface area (Å²) >= 11 is 5.23. The highest BCUT2D eigenvalue weighted by atomic mass is 79.9. The van der Waals surface area contributed by atoms with Crippen LogP contribution < -0.4 is 4.74 Å². The van der Waals surface area contributed by atoms with Crippen molar-refractivity contribution in [2.24, 2.45) is 0 Å². The highest BCUT2D eigenvalue weighted by Gasteiger charge is 2.22. The van der Waals surface area contributed by atoms with E-state index in [1.807, 2.05) is 4.90 Å². The first kappa shape index (κ1) is 17.3. The van der Waals surface area contributed by atoms with Crippen LogP contribution in [0.3, 0.4) is 0 Å². The molecule has 7 heteroatoms. The van der Waals surface area contributed by atoms with Crippen molar-refractivity contribution in [1.82, 2.24) is 9.80 Å². The van der Waals surface area contributed by atoms with Gasteiger partial charge in [0, 0.05) is 37.6 Å². The fourth-order valence-corrected chi connectivity index (χ4v) is 4.15. The van der Waals surface area contributed by atoms with Crippen molar-refractivity contribution in [3.63, 3.8) is 0 Å². The van der Waals surface area contributed by atoms with Crippen molar-refractivity contribution in [3.05, 3.63) is 45.1 Å². The lowest BCUT2D eigenvalue weighted by Gasteiger charge is -2.34. The average molecular weight is 411 g/mol. The van der Waals surface area contributed by atoms with Crippen LogP contribution in [0.25, 0.3) is 0 Å². The van der Waals surface area contributed by atoms with Gasteiger partial charge < -0.3 is 14.7 Å². The number of para-hydroxylation sites is 2. The minimum Gasteiger partial charge on any atom is -0.504 e. The highest BCUT2D eigenvalue weighted by molar-refractivity contribution is 9.11. The molecule has 0 saturated carbocycles. The zero-order chi connectivity index (χ0) is 16.9. The van der Waals surface area contributed by atoms with Gasteiger partial charge in [0.2, 0.25) is 0 Å². The summed E-state index contributed by atoms with van der Waals surface area (Å²) in [4.78, 5) is 17.7. The molecule has 2 heterocycles. The van der Waals surface area contributed by atoms with Crippen LogP contribution in [0.1, 0.15) is 4.88 Å². The number of thiophene rings is 1. The molecule has 24 heavy (non-hydrogen) atoms. The Morgan fingerprint density at radius 3 is 2.58 bits per heavy atom. The zero-order valence-corrected chi connectivity index (χ0v) is 15.6. The summed E-state index contributed by atoms with van der Waals surface area (Å²) in [6.45, 7) is 4.00. The molecule has 0 unspecified atom stereocenters. The topological polar surface area (TPSA) is 53.0 Å². The molecule has 128 valence electrons. The summed E-state index contributed by atoms with van der Waals surface area (Å²) in [6.07, 6.45) is 0. The van der Waals surface area contributed by atoms with Crippen LogP contribution in [0.2, 0.25) is 0 Å². The Hall–Kier alpha value is -1.57. The van der Waals surface area contributed by atoms with Crippen LogP contribution in [-0.2, 0) is 11.3 Å². The number of amides is 1. The second-order valence-corrected chi connectivity index (χ2v) is 8.17. The molecule has 1 N–H and O–H groups in total. The van der Waals surface area contributed by atoms with Gasteiger partial charge in [0.1, 0.15) is 0 Å². The largest absolute Gasteiger partial charge is 0.504 e. The summed E-state index contributed by atoms with van der Waals surface area (Å²) in [6, 6.07) is 10.9. The molecule has 1 fully saturated rings. The van der Waals surface area contributed by atoms with E-state index in [0.717, 1.165) is 23.4 Å². The number of ether oxygens (including phenoxy) is 1. The van der Waals surface area contributed by atoms with Gasteiger partial charge in [0.25, 0.3) is 5.91 Å². The van der Waals surface area contributed by atoms with E-state index in [4.69, 9.17) is 4.74 Å². The Morgan fingerprint density at radius 1 is 1.17 bits per heavy atom. The molecular formula is C17H19BrN2O3S. The lowest BCUT2D eigenvalue weighted by Crippen LogP contribution is -2.49. The lowest BCUT2D eigenvalue weighted by molar-refractivity contribution is -0.135. The van der Waals surface area contributed by atoms with Crippen molar-refractivity contribution < 1.29 is 14.6 Å². The SMILES string of the molecule is O=C(COc1ccccc1O)N1CCN(Cc2ccc(Br)s2)CC1. The van der Waals surface area contributed by atoms with Gasteiger partial charge in [-0.3, -0.25) is 9.69 Å². The second kappa shape index (κ2) is 8.00. The maximum absolute atomic E-state index is 12.2. The van der Waals surface area contributed by atoms with Crippen molar-refractivity contribution in [2.75, 3.05) is 32.8 Å². The molecule has 3 rings (SSSR count). The van der Waals surface area contributed by atoms with E-state index in [0.29, 0.717) is 18.8 Å². The van der Waals surface area contributed by atoms with Gasteiger partial charge in [0.15, 0.2) is 18.1 Å². The summed E-state index contributed by atoms with van der Waals surface area (Å²) < 4.78 is 6.56. The summed E-state index contributed by atoms with van der Waals surface area (Å²) in [5, 5.41) is 9.65. The number of hydrogen-bond donors (Lipinski definition) is 1. The number of phenols is 1. The van der Waals surface area contributed by atoms with E-state index in [1.165, 1.54) is 4.88 Å². The number of hydrogen-bond acceptors (Lipinski definition) is 5. The first-order valence-electron chi connectivity index (χ1n) is 7.77. The number of aromatic hydroxyl groups is 1. The summed E-state index contributed by atoms with van der Waals surface area (Å²) in [5.41, 5.74) is 0. The number of carbonyl (C=O) groups excluding carboxylic acids is 1. The van der Waals surface area contributed by atoms with E-state index in [-0.39, 0.29) is 18.3 Å². The van der Waals surface area contributed by atoms with Gasteiger partial charge in [0.05, 0.1) is 3.79 Å². The van der Waals surface area contributed by atoms with Crippen LogP contribution >= 0.6 is 27.3 Å². The molecule has 1 amide bonds. The van der Waals surface area contributed by atoms with Gasteiger partial charge in [-0.15, -0.1) is 11.3 Å². The third-order valence-corrected chi connectivity index (χ3v) is 5.56. The monoisotopic (exact) mass is 410 g/mol. The van der Waals surface area contributed by atoms with Crippen LogP contribution in [-0.4, -0.2) is 53.6 Å². The highest BCUT2D eigenvalue weighted by Crippen LogP contribution is 2.25. The normalized spacial score (nSPS) is 15.5. The van der Waals surface area contributed by atoms with Crippen LogP contribution in [0.5, 0.6) is 11.5 Å². The molecule has 0 aliphatic carbocycles. The Balaban J connectivity index is 1.44. The predicted octanol–water partition coefficient (Wildman–Crippen LogP) is 2.94. The third-order valence-electron chi connectivity index (χ3n) is 3.95. The van der Waals surface area contributed by atoms with Crippen molar-refractivity contribution in [3.8, 4) is 11.5 Å². The Morgan fingerprint density at radius 2 is 1.92 bits per heavy atom. The Labute approximate surface area is 153 Å². The molecule has 2 aromatic rings. The molecule has 1 aromatic carbocycles. The lowest BCUT2D eigenvalue weighted by atomic mass is 10.3. The number of rotatable bonds is 5. The molecule has 0 radical (unpaired) electrons. The molecule has 0 spiro atoms. The van der Waals surface area contributed by atoms with Crippen molar-refractivity contribution in [2.45, 2.75) is 6.54 Å². The van der Waals surface area contributed by atoms with Gasteiger partial charge in [-0.2, -0.15) is 0 Å². The van der Waals surface area contributed by atoms with Gasteiger partial charge in [-0.1, -0.05) is 12.1 Å². The molecule has 5 nitrogen and oxygen atoms in total. The predicted molar refractivity (Wildman–Crippen MR) is 97.5 cm³/mol. The number of halogens is 1. The second-order valence-electron chi connectivity index (χ2n) is 5.62. The fourth-order valence-electron chi connectivity index (χ4n) is 2.62. The van der Waals surface area contributed by atoms with E-state index in [9.17, 15) is 9.90 Å². The standard InChI is InChI=1S/C17H19BrN2O3S/c18-16-6-5-13(24-16)11-19-7-9-20(10-8-19)17(22)12-23-15-4-2-1-3-14(15)21/h1-6,21H,7-12H2. The van der Waals surface area contributed by atoms with Crippen LogP contribution in [0.15, 0.2) is 40.2 Å². The average Bonchev–Trinajstić information content (AvgIpc) is 2.99. The summed E-state index contributed by atoms with van der Waals surface area (Å²) in [7, 11) is 0. The van der Waals surface area contributed by atoms with Crippen LogP contribution in [0, 0.1) is 0 Å². The number of benzene rings is 1. The first-order valence-corrected chi connectivity index (χ1v) is 9.38. The quantitative estimate of drug-likeness (QED) is 0.822. The molecule has 1 aromatic heterocycles. The van der Waals surface area contributed by atoms with Gasteiger partial charge >= 0.3 is 0 Å². The number of piperazine rings is 1. The number of nitrogens with zero attached hydrogens (tertiary/aromatic N) is 2. The molecule has 1 saturated heterocycles. The number of phenolic OH excluding ortho intramolecular Hbond substituents is 1. The molecule has 1 aliphatic heterocycles. The smallest absolute Gasteiger partial charge is 0.260 e. The molecular weight excluding hydrogens is 392 g/mol. The Bertz CT molecular complexity index is 699. The van der Waals surface area contributed by atoms with E-state index < -0.39 is 0 Å². The zero-order valence-electron chi connectivity index (χ0n) is 13.2. The first-order chi connectivity index (χ1) is 11.6. The van der Waals surface area contributed by atoms with Gasteiger partial charge in [-0.25, -0.2) is 0 Å². The van der Waals surface area contributed by atoms with Crippen LogP contribution in [0.4, 0.5) is 0 Å². The van der Waals surface area contributed by atoms with Gasteiger partial charge in [-0.05, 0) is 40.2 Å². The minimum absolute atomic E-state index is 0.0447. The van der Waals surface area contributed by atoms with E-state index in [1.54, 1.807) is 35.6 Å². The Kier molecular flexibility index (Phi) is 5.76. The fraction of sp³-hybridized carbons (Fsp3) is 0.353. The molecule has 0 bridgehead atoms. The summed E-state index contributed by atoms with van der Waals surface area (Å²) in [5.74, 6) is 0.349. The molecule has 1 aliphatic rings. The van der Waals surface area contributed by atoms with Crippen molar-refractivity contribution in [1.29, 1.82) is 0 Å². The van der Waals surface area contributed by atoms with E-state index in [2.05, 4.69) is 33.0 Å².